The SMILES string of the molecule is O=C(O)[C@H]1CC[C@@H](c2ccc(C(F)(F)F)cc2)C1. The molecule has 0 radical (unpaired) electrons. The number of carboxylic acid groups (broad SMARTS) is 1. The van der Waals surface area contributed by atoms with Gasteiger partial charge in [-0.05, 0) is 42.9 Å². The molecule has 1 saturated carbocycles. The van der Waals surface area contributed by atoms with E-state index in [1.807, 2.05) is 0 Å². The molecule has 0 aromatic heterocycles. The third kappa shape index (κ3) is 2.66. The van der Waals surface area contributed by atoms with Gasteiger partial charge >= 0.3 is 12.1 Å². The van der Waals surface area contributed by atoms with Gasteiger partial charge in [-0.3, -0.25) is 4.79 Å². The van der Waals surface area contributed by atoms with Gasteiger partial charge in [0.05, 0.1) is 11.5 Å². The molecule has 1 aromatic carbocycles. The van der Waals surface area contributed by atoms with Crippen molar-refractivity contribution in [1.29, 1.82) is 0 Å². The van der Waals surface area contributed by atoms with Gasteiger partial charge in [0.2, 0.25) is 0 Å². The minimum atomic E-state index is -4.32. The minimum Gasteiger partial charge on any atom is -0.481 e. The molecule has 1 aliphatic carbocycles. The van der Waals surface area contributed by atoms with Crippen molar-refractivity contribution in [2.45, 2.75) is 31.4 Å². The van der Waals surface area contributed by atoms with Gasteiger partial charge in [-0.25, -0.2) is 0 Å². The average molecular weight is 258 g/mol. The Morgan fingerprint density at radius 3 is 2.22 bits per heavy atom. The van der Waals surface area contributed by atoms with E-state index in [1.165, 1.54) is 12.1 Å². The molecule has 1 aliphatic rings. The molecule has 1 aromatic rings. The normalized spacial score (nSPS) is 24.2. The van der Waals surface area contributed by atoms with Crippen LogP contribution in [0.1, 0.15) is 36.3 Å². The van der Waals surface area contributed by atoms with E-state index in [4.69, 9.17) is 5.11 Å². The summed E-state index contributed by atoms with van der Waals surface area (Å²) in [5.74, 6) is -1.12. The molecule has 0 amide bonds. The number of rotatable bonds is 2. The molecule has 98 valence electrons. The highest BCUT2D eigenvalue weighted by atomic mass is 19.4. The van der Waals surface area contributed by atoms with Gasteiger partial charge in [-0.1, -0.05) is 12.1 Å². The van der Waals surface area contributed by atoms with Crippen molar-refractivity contribution < 1.29 is 23.1 Å². The molecule has 18 heavy (non-hydrogen) atoms. The van der Waals surface area contributed by atoms with Gasteiger partial charge in [0, 0.05) is 0 Å². The van der Waals surface area contributed by atoms with E-state index in [-0.39, 0.29) is 11.8 Å². The number of hydrogen-bond acceptors (Lipinski definition) is 1. The monoisotopic (exact) mass is 258 g/mol. The van der Waals surface area contributed by atoms with E-state index in [9.17, 15) is 18.0 Å². The standard InChI is InChI=1S/C13H13F3O2/c14-13(15,16)11-5-3-8(4-6-11)9-1-2-10(7-9)12(17)18/h3-6,9-10H,1-2,7H2,(H,17,18)/t9-,10+/m1/s1. The molecule has 2 atom stereocenters. The first-order chi connectivity index (χ1) is 8.38. The fourth-order valence-electron chi connectivity index (χ4n) is 2.45. The number of alkyl halides is 3. The van der Waals surface area contributed by atoms with Crippen LogP contribution in [0, 0.1) is 5.92 Å². The lowest BCUT2D eigenvalue weighted by Crippen LogP contribution is -2.09. The lowest BCUT2D eigenvalue weighted by molar-refractivity contribution is -0.141. The Hall–Kier alpha value is -1.52. The zero-order valence-corrected chi connectivity index (χ0v) is 9.57. The van der Waals surface area contributed by atoms with E-state index in [1.54, 1.807) is 0 Å². The number of carbonyl (C=O) groups is 1. The van der Waals surface area contributed by atoms with Crippen LogP contribution in [0.15, 0.2) is 24.3 Å². The fourth-order valence-corrected chi connectivity index (χ4v) is 2.45. The summed E-state index contributed by atoms with van der Waals surface area (Å²) >= 11 is 0. The molecule has 0 bridgehead atoms. The van der Waals surface area contributed by atoms with Crippen LogP contribution in [0.2, 0.25) is 0 Å². The largest absolute Gasteiger partial charge is 0.481 e. The quantitative estimate of drug-likeness (QED) is 0.878. The van der Waals surface area contributed by atoms with Gasteiger partial charge in [-0.2, -0.15) is 13.2 Å². The molecule has 1 fully saturated rings. The number of carboxylic acids is 1. The highest BCUT2D eigenvalue weighted by molar-refractivity contribution is 5.70. The first-order valence-electron chi connectivity index (χ1n) is 5.78. The second kappa shape index (κ2) is 4.63. The van der Waals surface area contributed by atoms with Gasteiger partial charge in [-0.15, -0.1) is 0 Å². The summed E-state index contributed by atoms with van der Waals surface area (Å²) in [5, 5.41) is 8.88. The summed E-state index contributed by atoms with van der Waals surface area (Å²) in [6.07, 6.45) is -2.48. The Balaban J connectivity index is 2.10. The molecule has 2 rings (SSSR count). The molecule has 2 nitrogen and oxygen atoms in total. The highest BCUT2D eigenvalue weighted by Gasteiger charge is 2.32. The summed E-state index contributed by atoms with van der Waals surface area (Å²) in [7, 11) is 0. The maximum atomic E-state index is 12.4. The molecule has 0 aliphatic heterocycles. The Bertz CT molecular complexity index is 437. The topological polar surface area (TPSA) is 37.3 Å². The first-order valence-corrected chi connectivity index (χ1v) is 5.78. The van der Waals surface area contributed by atoms with Crippen molar-refractivity contribution >= 4 is 5.97 Å². The summed E-state index contributed by atoms with van der Waals surface area (Å²) in [5.41, 5.74) is 0.130. The molecule has 5 heteroatoms. The van der Waals surface area contributed by atoms with E-state index < -0.39 is 17.7 Å². The Labute approximate surface area is 102 Å². The zero-order valence-electron chi connectivity index (χ0n) is 9.57. The second-order valence-corrected chi connectivity index (χ2v) is 4.66. The number of hydrogen-bond donors (Lipinski definition) is 1. The number of aliphatic carboxylic acids is 1. The van der Waals surface area contributed by atoms with Gasteiger partial charge in [0.1, 0.15) is 0 Å². The molecule has 0 saturated heterocycles. The van der Waals surface area contributed by atoms with Crippen LogP contribution in [0.4, 0.5) is 13.2 Å². The van der Waals surface area contributed by atoms with Crippen molar-refractivity contribution in [2.24, 2.45) is 5.92 Å². The Morgan fingerprint density at radius 1 is 1.17 bits per heavy atom. The minimum absolute atomic E-state index is 0.0633. The number of benzene rings is 1. The van der Waals surface area contributed by atoms with Crippen molar-refractivity contribution in [3.63, 3.8) is 0 Å². The van der Waals surface area contributed by atoms with E-state index in [0.717, 1.165) is 24.1 Å². The van der Waals surface area contributed by atoms with Crippen LogP contribution >= 0.6 is 0 Å². The molecule has 1 N–H and O–H groups in total. The third-order valence-electron chi connectivity index (χ3n) is 3.49. The lowest BCUT2D eigenvalue weighted by Gasteiger charge is -2.12. The second-order valence-electron chi connectivity index (χ2n) is 4.66. The fraction of sp³-hybridized carbons (Fsp3) is 0.462. The van der Waals surface area contributed by atoms with E-state index in [0.29, 0.717) is 12.8 Å². The lowest BCUT2D eigenvalue weighted by atomic mass is 9.95. The van der Waals surface area contributed by atoms with Crippen LogP contribution in [-0.2, 0) is 11.0 Å². The first kappa shape index (κ1) is 12.9. The van der Waals surface area contributed by atoms with Crippen LogP contribution in [0.25, 0.3) is 0 Å². The summed E-state index contributed by atoms with van der Waals surface area (Å²) in [6.45, 7) is 0. The summed E-state index contributed by atoms with van der Waals surface area (Å²) in [6, 6.07) is 5.03. The predicted octanol–water partition coefficient (Wildman–Crippen LogP) is 3.67. The highest BCUT2D eigenvalue weighted by Crippen LogP contribution is 2.39. The third-order valence-corrected chi connectivity index (χ3v) is 3.49. The Kier molecular flexibility index (Phi) is 3.32. The molecule has 0 unspecified atom stereocenters. The van der Waals surface area contributed by atoms with Crippen LogP contribution in [0.5, 0.6) is 0 Å². The summed E-state index contributed by atoms with van der Waals surface area (Å²) in [4.78, 5) is 10.8. The van der Waals surface area contributed by atoms with Gasteiger partial charge in [0.25, 0.3) is 0 Å². The smallest absolute Gasteiger partial charge is 0.416 e. The van der Waals surface area contributed by atoms with Gasteiger partial charge in [0.15, 0.2) is 0 Å². The van der Waals surface area contributed by atoms with Crippen LogP contribution in [0.3, 0.4) is 0 Å². The molecular formula is C13H13F3O2. The average Bonchev–Trinajstić information content (AvgIpc) is 2.77. The molecule has 0 spiro atoms. The maximum Gasteiger partial charge on any atom is 0.416 e. The molecular weight excluding hydrogens is 245 g/mol. The maximum absolute atomic E-state index is 12.4. The Morgan fingerprint density at radius 2 is 1.78 bits per heavy atom. The number of halogens is 3. The van der Waals surface area contributed by atoms with Crippen molar-refractivity contribution in [1.82, 2.24) is 0 Å². The van der Waals surface area contributed by atoms with Crippen molar-refractivity contribution in [2.75, 3.05) is 0 Å². The van der Waals surface area contributed by atoms with Gasteiger partial charge < -0.3 is 5.11 Å². The van der Waals surface area contributed by atoms with Crippen LogP contribution in [-0.4, -0.2) is 11.1 Å². The van der Waals surface area contributed by atoms with E-state index >= 15 is 0 Å². The van der Waals surface area contributed by atoms with Crippen LogP contribution < -0.4 is 0 Å². The predicted molar refractivity (Wildman–Crippen MR) is 59.2 cm³/mol. The summed E-state index contributed by atoms with van der Waals surface area (Å²) < 4.78 is 37.2. The van der Waals surface area contributed by atoms with E-state index in [2.05, 4.69) is 0 Å². The molecule has 0 heterocycles. The van der Waals surface area contributed by atoms with Crippen molar-refractivity contribution in [3.8, 4) is 0 Å². The zero-order chi connectivity index (χ0) is 13.3. The van der Waals surface area contributed by atoms with Crippen molar-refractivity contribution in [3.05, 3.63) is 35.4 Å².